The van der Waals surface area contributed by atoms with Crippen molar-refractivity contribution in [3.63, 3.8) is 0 Å². The highest BCUT2D eigenvalue weighted by atomic mass is 16.3. The summed E-state index contributed by atoms with van der Waals surface area (Å²) >= 11 is 0. The average Bonchev–Trinajstić information content (AvgIpc) is 2.55. The third-order valence-electron chi connectivity index (χ3n) is 2.70. The number of rotatable bonds is 5. The van der Waals surface area contributed by atoms with Gasteiger partial charge in [0.25, 0.3) is 0 Å². The molecule has 0 aromatic carbocycles. The summed E-state index contributed by atoms with van der Waals surface area (Å²) < 4.78 is 1.64. The van der Waals surface area contributed by atoms with Gasteiger partial charge in [0.2, 0.25) is 0 Å². The number of nitrogens with one attached hydrogen (secondary N) is 1. The van der Waals surface area contributed by atoms with Crippen LogP contribution in [0.3, 0.4) is 0 Å². The Bertz CT molecular complexity index is 377. The summed E-state index contributed by atoms with van der Waals surface area (Å²) in [5.41, 5.74) is 0.485. The smallest absolute Gasteiger partial charge is 0.325 e. The summed E-state index contributed by atoms with van der Waals surface area (Å²) in [7, 11) is 0. The second-order valence-electron chi connectivity index (χ2n) is 5.08. The molecule has 0 saturated carbocycles. The lowest BCUT2D eigenvalue weighted by molar-refractivity contribution is 0.122. The lowest BCUT2D eigenvalue weighted by Gasteiger charge is -2.11. The second-order valence-corrected chi connectivity index (χ2v) is 5.08. The first-order valence-electron chi connectivity index (χ1n) is 5.89. The second kappa shape index (κ2) is 5.34. The van der Waals surface area contributed by atoms with Crippen LogP contribution in [0.1, 0.15) is 45.9 Å². The van der Waals surface area contributed by atoms with E-state index in [1.807, 2.05) is 13.8 Å². The van der Waals surface area contributed by atoms with Crippen molar-refractivity contribution in [2.24, 2.45) is 11.8 Å². The van der Waals surface area contributed by atoms with Crippen molar-refractivity contribution in [1.29, 1.82) is 0 Å². The molecule has 0 amide bonds. The zero-order valence-corrected chi connectivity index (χ0v) is 10.5. The molecule has 1 unspecified atom stereocenters. The highest BCUT2D eigenvalue weighted by molar-refractivity contribution is 5.02. The topological polar surface area (TPSA) is 58.0 Å². The maximum atomic E-state index is 11.6. The molecule has 0 aliphatic rings. The van der Waals surface area contributed by atoms with E-state index in [4.69, 9.17) is 0 Å². The molecular formula is C12H22N2O2. The summed E-state index contributed by atoms with van der Waals surface area (Å²) in [6.45, 7) is 8.81. The van der Waals surface area contributed by atoms with Crippen molar-refractivity contribution >= 4 is 0 Å². The van der Waals surface area contributed by atoms with Crippen LogP contribution in [0, 0.1) is 11.8 Å². The van der Waals surface area contributed by atoms with Gasteiger partial charge >= 0.3 is 5.69 Å². The number of aliphatic hydroxyl groups is 1. The van der Waals surface area contributed by atoms with E-state index in [-0.39, 0.29) is 11.6 Å². The maximum absolute atomic E-state index is 11.6. The Hall–Kier alpha value is -1.03. The minimum Gasteiger partial charge on any atom is -0.387 e. The van der Waals surface area contributed by atoms with Gasteiger partial charge in [0, 0.05) is 12.7 Å². The summed E-state index contributed by atoms with van der Waals surface area (Å²) in [6, 6.07) is 0. The number of aliphatic hydroxyl groups excluding tert-OH is 1. The molecule has 1 aromatic heterocycles. The fourth-order valence-corrected chi connectivity index (χ4v) is 1.53. The van der Waals surface area contributed by atoms with Crippen molar-refractivity contribution in [3.8, 4) is 0 Å². The van der Waals surface area contributed by atoms with E-state index in [1.165, 1.54) is 0 Å². The molecule has 1 atom stereocenters. The number of aromatic nitrogens is 2. The average molecular weight is 226 g/mol. The van der Waals surface area contributed by atoms with Crippen LogP contribution in [0.25, 0.3) is 0 Å². The monoisotopic (exact) mass is 226 g/mol. The summed E-state index contributed by atoms with van der Waals surface area (Å²) in [5.74, 6) is 0.678. The van der Waals surface area contributed by atoms with Gasteiger partial charge in [-0.1, -0.05) is 27.7 Å². The number of hydrogen-bond donors (Lipinski definition) is 2. The normalized spacial score (nSPS) is 13.7. The van der Waals surface area contributed by atoms with Crippen LogP contribution in [0.2, 0.25) is 0 Å². The Labute approximate surface area is 96.3 Å². The summed E-state index contributed by atoms with van der Waals surface area (Å²) in [6.07, 6.45) is 2.11. The van der Waals surface area contributed by atoms with Gasteiger partial charge in [0.15, 0.2) is 0 Å². The van der Waals surface area contributed by atoms with Crippen LogP contribution < -0.4 is 5.69 Å². The van der Waals surface area contributed by atoms with Crippen LogP contribution in [-0.4, -0.2) is 14.7 Å². The number of imidazole rings is 1. The van der Waals surface area contributed by atoms with Crippen LogP contribution >= 0.6 is 0 Å². The van der Waals surface area contributed by atoms with E-state index >= 15 is 0 Å². The Kier molecular flexibility index (Phi) is 4.35. The zero-order valence-electron chi connectivity index (χ0n) is 10.5. The molecule has 2 N–H and O–H groups in total. The lowest BCUT2D eigenvalue weighted by atomic mass is 10.1. The van der Waals surface area contributed by atoms with Crippen molar-refractivity contribution in [1.82, 2.24) is 9.55 Å². The molecular weight excluding hydrogens is 204 g/mol. The molecule has 1 aromatic rings. The molecule has 0 aliphatic heterocycles. The molecule has 4 nitrogen and oxygen atoms in total. The first-order valence-corrected chi connectivity index (χ1v) is 5.89. The quantitative estimate of drug-likeness (QED) is 0.805. The third kappa shape index (κ3) is 3.23. The summed E-state index contributed by atoms with van der Waals surface area (Å²) in [4.78, 5) is 14.3. The van der Waals surface area contributed by atoms with Gasteiger partial charge in [0.05, 0.1) is 11.8 Å². The first kappa shape index (κ1) is 13.0. The lowest BCUT2D eigenvalue weighted by Crippen LogP contribution is -2.17. The zero-order chi connectivity index (χ0) is 12.3. The fraction of sp³-hybridized carbons (Fsp3) is 0.750. The molecule has 4 heteroatoms. The van der Waals surface area contributed by atoms with Gasteiger partial charge in [-0.15, -0.1) is 0 Å². The van der Waals surface area contributed by atoms with Crippen LogP contribution in [0.4, 0.5) is 0 Å². The van der Waals surface area contributed by atoms with E-state index in [9.17, 15) is 9.90 Å². The van der Waals surface area contributed by atoms with E-state index in [0.29, 0.717) is 18.2 Å². The highest BCUT2D eigenvalue weighted by Crippen LogP contribution is 2.18. The predicted octanol–water partition coefficient (Wildman–Crippen LogP) is 1.91. The number of aryl methyl sites for hydroxylation is 1. The Morgan fingerprint density at radius 3 is 2.50 bits per heavy atom. The Morgan fingerprint density at radius 1 is 1.38 bits per heavy atom. The SMILES string of the molecule is CC(C)CCn1cc(C(O)C(C)C)[nH]c1=O. The van der Waals surface area contributed by atoms with Crippen molar-refractivity contribution in [2.75, 3.05) is 0 Å². The van der Waals surface area contributed by atoms with Gasteiger partial charge in [-0.05, 0) is 18.3 Å². The van der Waals surface area contributed by atoms with Crippen molar-refractivity contribution in [2.45, 2.75) is 46.8 Å². The van der Waals surface area contributed by atoms with E-state index < -0.39 is 6.10 Å². The Morgan fingerprint density at radius 2 is 2.00 bits per heavy atom. The third-order valence-corrected chi connectivity index (χ3v) is 2.70. The number of hydrogen-bond acceptors (Lipinski definition) is 2. The number of H-pyrrole nitrogens is 1. The minimum absolute atomic E-state index is 0.108. The molecule has 92 valence electrons. The largest absolute Gasteiger partial charge is 0.387 e. The first-order chi connectivity index (χ1) is 7.41. The number of aromatic amines is 1. The molecule has 0 spiro atoms. The molecule has 1 rings (SSSR count). The summed E-state index contributed by atoms with van der Waals surface area (Å²) in [5, 5.41) is 9.83. The molecule has 1 heterocycles. The van der Waals surface area contributed by atoms with E-state index in [1.54, 1.807) is 10.8 Å². The van der Waals surface area contributed by atoms with Gasteiger partial charge < -0.3 is 10.1 Å². The molecule has 0 aliphatic carbocycles. The Balaban J connectivity index is 2.78. The van der Waals surface area contributed by atoms with Gasteiger partial charge in [-0.2, -0.15) is 0 Å². The molecule has 0 radical (unpaired) electrons. The van der Waals surface area contributed by atoms with Crippen molar-refractivity contribution in [3.05, 3.63) is 22.4 Å². The standard InChI is InChI=1S/C12H22N2O2/c1-8(2)5-6-14-7-10(13-12(14)16)11(15)9(3)4/h7-9,11,15H,5-6H2,1-4H3,(H,13,16). The maximum Gasteiger partial charge on any atom is 0.325 e. The number of nitrogens with zero attached hydrogens (tertiary/aromatic N) is 1. The van der Waals surface area contributed by atoms with Crippen LogP contribution in [-0.2, 0) is 6.54 Å². The minimum atomic E-state index is -0.590. The van der Waals surface area contributed by atoms with E-state index in [0.717, 1.165) is 6.42 Å². The molecule has 0 saturated heterocycles. The van der Waals surface area contributed by atoms with E-state index in [2.05, 4.69) is 18.8 Å². The van der Waals surface area contributed by atoms with Gasteiger partial charge in [0.1, 0.15) is 0 Å². The molecule has 16 heavy (non-hydrogen) atoms. The highest BCUT2D eigenvalue weighted by Gasteiger charge is 2.15. The molecule has 0 fully saturated rings. The van der Waals surface area contributed by atoms with Gasteiger partial charge in [-0.3, -0.25) is 4.57 Å². The van der Waals surface area contributed by atoms with Crippen LogP contribution in [0.15, 0.2) is 11.0 Å². The fourth-order valence-electron chi connectivity index (χ4n) is 1.53. The predicted molar refractivity (Wildman–Crippen MR) is 64.3 cm³/mol. The molecule has 0 bridgehead atoms. The van der Waals surface area contributed by atoms with Gasteiger partial charge in [-0.25, -0.2) is 4.79 Å². The van der Waals surface area contributed by atoms with Crippen LogP contribution in [0.5, 0.6) is 0 Å². The van der Waals surface area contributed by atoms with Crippen molar-refractivity contribution < 1.29 is 5.11 Å².